The van der Waals surface area contributed by atoms with Crippen LogP contribution in [0, 0.1) is 0 Å². The summed E-state index contributed by atoms with van der Waals surface area (Å²) >= 11 is 0. The Bertz CT molecular complexity index is 1250. The van der Waals surface area contributed by atoms with Gasteiger partial charge in [-0.05, 0) is 42.7 Å². The van der Waals surface area contributed by atoms with Crippen LogP contribution < -0.4 is 5.32 Å². The van der Waals surface area contributed by atoms with Crippen LogP contribution in [0.4, 0.5) is 0 Å². The minimum absolute atomic E-state index is 0.196. The largest absolute Gasteiger partial charge is 0.356 e. The highest BCUT2D eigenvalue weighted by Gasteiger charge is 2.54. The number of carbonyl (C=O) groups is 3. The summed E-state index contributed by atoms with van der Waals surface area (Å²) in [5.74, 6) is -1.00. The van der Waals surface area contributed by atoms with Crippen molar-refractivity contribution < 1.29 is 14.4 Å². The Balaban J connectivity index is 1.39. The predicted octanol–water partition coefficient (Wildman–Crippen LogP) is 1.31. The molecule has 4 heterocycles. The number of amides is 3. The van der Waals surface area contributed by atoms with Crippen molar-refractivity contribution in [1.29, 1.82) is 0 Å². The summed E-state index contributed by atoms with van der Waals surface area (Å²) < 4.78 is 0. The monoisotopic (exact) mass is 430 g/mol. The van der Waals surface area contributed by atoms with Crippen molar-refractivity contribution in [2.45, 2.75) is 25.4 Å². The second-order valence-corrected chi connectivity index (χ2v) is 8.07. The number of hydrogen-bond acceptors (Lipinski definition) is 5. The maximum atomic E-state index is 13.5. The highest BCUT2D eigenvalue weighted by molar-refractivity contribution is 6.26. The van der Waals surface area contributed by atoms with Gasteiger partial charge in [-0.15, -0.1) is 0 Å². The van der Waals surface area contributed by atoms with Crippen LogP contribution in [-0.2, 0) is 32.9 Å². The van der Waals surface area contributed by atoms with Crippen LogP contribution in [0.5, 0.6) is 0 Å². The first-order chi connectivity index (χ1) is 15.5. The van der Waals surface area contributed by atoms with E-state index in [9.17, 15) is 14.4 Å². The van der Waals surface area contributed by atoms with Gasteiger partial charge in [-0.1, -0.05) is 18.2 Å². The molecule has 1 fully saturated rings. The van der Waals surface area contributed by atoms with Gasteiger partial charge in [0, 0.05) is 36.4 Å². The van der Waals surface area contributed by atoms with Crippen LogP contribution in [0.25, 0.3) is 10.9 Å². The van der Waals surface area contributed by atoms with E-state index in [-0.39, 0.29) is 18.4 Å². The molecule has 0 unspecified atom stereocenters. The molecule has 32 heavy (non-hydrogen) atoms. The van der Waals surface area contributed by atoms with Gasteiger partial charge in [0.1, 0.15) is 12.8 Å². The van der Waals surface area contributed by atoms with Crippen LogP contribution >= 0.6 is 0 Å². The highest BCUT2D eigenvalue weighted by atomic mass is 16.2. The average molecular weight is 430 g/mol. The maximum Gasteiger partial charge on any atom is 0.275 e. The summed E-state index contributed by atoms with van der Waals surface area (Å²) in [5.41, 5.74) is 2.37. The second kappa shape index (κ2) is 7.60. The van der Waals surface area contributed by atoms with Crippen LogP contribution in [0.3, 0.4) is 0 Å². The molecule has 3 amide bonds. The Morgan fingerprint density at radius 3 is 2.84 bits per heavy atom. The van der Waals surface area contributed by atoms with Gasteiger partial charge in [-0.25, -0.2) is 5.01 Å². The number of pyridine rings is 1. The number of benzene rings is 1. The molecule has 0 bridgehead atoms. The summed E-state index contributed by atoms with van der Waals surface area (Å²) in [6.45, 7) is 2.31. The quantitative estimate of drug-likeness (QED) is 0.608. The van der Waals surface area contributed by atoms with Gasteiger partial charge in [0.15, 0.2) is 5.54 Å². The lowest BCUT2D eigenvalue weighted by Gasteiger charge is -2.48. The van der Waals surface area contributed by atoms with E-state index in [1.54, 1.807) is 36.4 Å². The van der Waals surface area contributed by atoms with Gasteiger partial charge in [0.25, 0.3) is 11.8 Å². The van der Waals surface area contributed by atoms with Crippen molar-refractivity contribution in [3.63, 3.8) is 0 Å². The number of rotatable bonds is 4. The number of piperazine rings is 1. The number of H-pyrrole nitrogens is 1. The van der Waals surface area contributed by atoms with E-state index in [1.807, 2.05) is 24.3 Å². The van der Waals surface area contributed by atoms with E-state index in [0.717, 1.165) is 33.3 Å². The fourth-order valence-corrected chi connectivity index (χ4v) is 4.54. The molecule has 2 aliphatic heterocycles. The summed E-state index contributed by atoms with van der Waals surface area (Å²) in [6.07, 6.45) is 5.00. The van der Waals surface area contributed by atoms with Crippen molar-refractivity contribution in [2.24, 2.45) is 5.10 Å². The number of fused-ring (bicyclic) bond motifs is 5. The standard InChI is InChI=1S/C23H22N6O3/c1-23-21-17(16-4-2-3-5-18(16)27-21)8-11-28(23)20(31)14-29(22(23)32)26-13-19(30)25-12-15-6-9-24-10-7-15/h2-7,9-10,13,27H,8,11-12,14H2,1H3,(H,25,30)/b26-13-/t23-/m1/s1. The Morgan fingerprint density at radius 1 is 1.25 bits per heavy atom. The summed E-state index contributed by atoms with van der Waals surface area (Å²) in [6, 6.07) is 11.4. The molecule has 2 aliphatic rings. The molecule has 0 aliphatic carbocycles. The lowest BCUT2D eigenvalue weighted by atomic mass is 9.83. The van der Waals surface area contributed by atoms with E-state index in [1.165, 1.54) is 0 Å². The molecule has 5 rings (SSSR count). The first kappa shape index (κ1) is 19.9. The zero-order valence-electron chi connectivity index (χ0n) is 17.5. The van der Waals surface area contributed by atoms with Gasteiger partial charge in [0.05, 0.1) is 5.69 Å². The maximum absolute atomic E-state index is 13.5. The molecular weight excluding hydrogens is 408 g/mol. The summed E-state index contributed by atoms with van der Waals surface area (Å²) in [5, 5.41) is 8.92. The highest BCUT2D eigenvalue weighted by Crippen LogP contribution is 2.41. The molecule has 162 valence electrons. The lowest BCUT2D eigenvalue weighted by Crippen LogP contribution is -2.65. The molecule has 1 saturated heterocycles. The van der Waals surface area contributed by atoms with E-state index < -0.39 is 11.4 Å². The Hall–Kier alpha value is -4.01. The summed E-state index contributed by atoms with van der Waals surface area (Å²) in [4.78, 5) is 47.5. The topological polar surface area (TPSA) is 111 Å². The second-order valence-electron chi connectivity index (χ2n) is 8.07. The number of hydrogen-bond donors (Lipinski definition) is 2. The minimum atomic E-state index is -1.20. The summed E-state index contributed by atoms with van der Waals surface area (Å²) in [7, 11) is 0. The number of aromatic amines is 1. The minimum Gasteiger partial charge on any atom is -0.356 e. The zero-order valence-corrected chi connectivity index (χ0v) is 17.5. The fourth-order valence-electron chi connectivity index (χ4n) is 4.54. The predicted molar refractivity (Wildman–Crippen MR) is 117 cm³/mol. The van der Waals surface area contributed by atoms with Crippen molar-refractivity contribution in [1.82, 2.24) is 25.2 Å². The third-order valence-corrected chi connectivity index (χ3v) is 6.19. The van der Waals surface area contributed by atoms with Crippen molar-refractivity contribution in [3.8, 4) is 0 Å². The number of nitrogens with zero attached hydrogens (tertiary/aromatic N) is 4. The normalized spacial score (nSPS) is 20.5. The zero-order chi connectivity index (χ0) is 22.3. The van der Waals surface area contributed by atoms with E-state index >= 15 is 0 Å². The first-order valence-corrected chi connectivity index (χ1v) is 10.4. The van der Waals surface area contributed by atoms with Crippen molar-refractivity contribution in [2.75, 3.05) is 13.1 Å². The Kier molecular flexibility index (Phi) is 4.73. The van der Waals surface area contributed by atoms with Gasteiger partial charge < -0.3 is 15.2 Å². The van der Waals surface area contributed by atoms with E-state index in [4.69, 9.17) is 0 Å². The number of hydrazone groups is 1. The van der Waals surface area contributed by atoms with Crippen LogP contribution in [0.1, 0.15) is 23.7 Å². The molecule has 0 saturated carbocycles. The number of nitrogens with one attached hydrogen (secondary N) is 2. The molecule has 0 spiro atoms. The fraction of sp³-hybridized carbons (Fsp3) is 0.261. The molecule has 3 aromatic rings. The molecule has 2 N–H and O–H groups in total. The molecule has 1 aromatic carbocycles. The van der Waals surface area contributed by atoms with Gasteiger partial charge in [-0.2, -0.15) is 5.10 Å². The molecule has 9 nitrogen and oxygen atoms in total. The van der Waals surface area contributed by atoms with Crippen molar-refractivity contribution >= 4 is 34.8 Å². The van der Waals surface area contributed by atoms with Crippen LogP contribution in [-0.4, -0.2) is 56.9 Å². The number of aromatic nitrogens is 2. The molecule has 1 atom stereocenters. The van der Waals surface area contributed by atoms with Gasteiger partial charge >= 0.3 is 0 Å². The van der Waals surface area contributed by atoms with Crippen LogP contribution in [0.15, 0.2) is 53.9 Å². The van der Waals surface area contributed by atoms with Gasteiger partial charge in [0.2, 0.25) is 5.91 Å². The molecular formula is C23H22N6O3. The molecule has 2 aromatic heterocycles. The van der Waals surface area contributed by atoms with Gasteiger partial charge in [-0.3, -0.25) is 19.4 Å². The molecule has 0 radical (unpaired) electrons. The van der Waals surface area contributed by atoms with Crippen LogP contribution in [0.2, 0.25) is 0 Å². The lowest BCUT2D eigenvalue weighted by molar-refractivity contribution is -0.165. The Morgan fingerprint density at radius 2 is 2.03 bits per heavy atom. The smallest absolute Gasteiger partial charge is 0.275 e. The van der Waals surface area contributed by atoms with E-state index in [2.05, 4.69) is 20.4 Å². The number of carbonyl (C=O) groups excluding carboxylic acids is 3. The average Bonchev–Trinajstić information content (AvgIpc) is 3.20. The molecule has 9 heteroatoms. The van der Waals surface area contributed by atoms with Crippen molar-refractivity contribution in [3.05, 3.63) is 65.6 Å². The third kappa shape index (κ3) is 3.13. The first-order valence-electron chi connectivity index (χ1n) is 10.4. The Labute approximate surface area is 184 Å². The van der Waals surface area contributed by atoms with E-state index in [0.29, 0.717) is 25.2 Å². The number of para-hydroxylation sites is 1. The SMILES string of the molecule is C[C@@]12C(=O)N(/N=C\C(=O)NCc3ccncc3)CC(=O)N1CCc1c2[nH]c2ccccc12. The third-order valence-electron chi connectivity index (χ3n) is 6.19.